The first-order chi connectivity index (χ1) is 6.06. The molecule has 0 bridgehead atoms. The quantitative estimate of drug-likeness (QED) is 0.651. The van der Waals surface area contributed by atoms with Crippen molar-refractivity contribution in [2.45, 2.75) is 12.8 Å². The van der Waals surface area contributed by atoms with E-state index < -0.39 is 28.9 Å². The van der Waals surface area contributed by atoms with Gasteiger partial charge in [-0.2, -0.15) is 0 Å². The average Bonchev–Trinajstić information content (AvgIpc) is 2.02. The third kappa shape index (κ3) is 1.88. The van der Waals surface area contributed by atoms with Gasteiger partial charge in [0, 0.05) is 23.6 Å². The lowest BCUT2D eigenvalue weighted by molar-refractivity contribution is -0.108. The molecule has 1 rings (SSSR count). The summed E-state index contributed by atoms with van der Waals surface area (Å²) in [6.45, 7) is 1.34. The first kappa shape index (κ1) is 9.77. The van der Waals surface area contributed by atoms with Crippen LogP contribution in [0.1, 0.15) is 18.4 Å². The highest BCUT2D eigenvalue weighted by Crippen LogP contribution is 2.21. The summed E-state index contributed by atoms with van der Waals surface area (Å²) in [6, 6.07) is 1.11. The number of carbonyl (C=O) groups is 1. The maximum Gasteiger partial charge on any atom is 0.132 e. The molecule has 0 heterocycles. The fraction of sp³-hybridized carbons (Fsp3) is 0.222. The summed E-state index contributed by atoms with van der Waals surface area (Å²) in [5.74, 6) is -3.95. The molecule has 0 fully saturated rings. The lowest BCUT2D eigenvalue weighted by atomic mass is 10.0. The van der Waals surface area contributed by atoms with Crippen molar-refractivity contribution >= 4 is 6.29 Å². The van der Waals surface area contributed by atoms with Crippen LogP contribution in [0.5, 0.6) is 0 Å². The Labute approximate surface area is 73.2 Å². The van der Waals surface area contributed by atoms with Crippen LogP contribution in [0.25, 0.3) is 0 Å². The minimum Gasteiger partial charge on any atom is -0.303 e. The van der Waals surface area contributed by atoms with Gasteiger partial charge in [-0.15, -0.1) is 0 Å². The monoisotopic (exact) mass is 188 g/mol. The summed E-state index contributed by atoms with van der Waals surface area (Å²) in [5, 5.41) is 0. The maximum atomic E-state index is 12.9. The molecule has 1 nitrogen and oxygen atoms in total. The molecule has 0 N–H and O–H groups in total. The zero-order chi connectivity index (χ0) is 10.0. The molecule has 13 heavy (non-hydrogen) atoms. The topological polar surface area (TPSA) is 17.1 Å². The summed E-state index contributed by atoms with van der Waals surface area (Å²) in [5.41, 5.74) is -0.392. The second-order valence-electron chi connectivity index (χ2n) is 2.71. The fourth-order valence-electron chi connectivity index (χ4n) is 1.06. The number of carbonyl (C=O) groups excluding carboxylic acids is 1. The first-order valence-electron chi connectivity index (χ1n) is 3.66. The fourth-order valence-corrected chi connectivity index (χ4v) is 1.06. The van der Waals surface area contributed by atoms with Crippen molar-refractivity contribution in [3.63, 3.8) is 0 Å². The number of aldehydes is 1. The third-order valence-electron chi connectivity index (χ3n) is 1.70. The van der Waals surface area contributed by atoms with E-state index in [1.165, 1.54) is 6.92 Å². The third-order valence-corrected chi connectivity index (χ3v) is 1.70. The van der Waals surface area contributed by atoms with Gasteiger partial charge in [-0.25, -0.2) is 13.2 Å². The van der Waals surface area contributed by atoms with Crippen LogP contribution in [-0.2, 0) is 4.79 Å². The number of rotatable bonds is 2. The van der Waals surface area contributed by atoms with Gasteiger partial charge in [-0.05, 0) is 0 Å². The van der Waals surface area contributed by atoms with Crippen molar-refractivity contribution in [3.8, 4) is 0 Å². The van der Waals surface area contributed by atoms with Gasteiger partial charge in [0.05, 0.1) is 0 Å². The predicted molar refractivity (Wildman–Crippen MR) is 40.8 cm³/mol. The SMILES string of the molecule is CC(C=O)c1c(F)cc(F)cc1F. The molecule has 1 unspecified atom stereocenters. The molecule has 0 amide bonds. The molecule has 0 aliphatic carbocycles. The van der Waals surface area contributed by atoms with E-state index in [9.17, 15) is 18.0 Å². The Morgan fingerprint density at radius 1 is 1.23 bits per heavy atom. The molecular formula is C9H7F3O. The van der Waals surface area contributed by atoms with Crippen molar-refractivity contribution < 1.29 is 18.0 Å². The highest BCUT2D eigenvalue weighted by molar-refractivity contribution is 5.61. The van der Waals surface area contributed by atoms with Gasteiger partial charge in [0.1, 0.15) is 23.7 Å². The van der Waals surface area contributed by atoms with Gasteiger partial charge in [0.15, 0.2) is 0 Å². The minimum absolute atomic E-state index is 0.392. The van der Waals surface area contributed by atoms with Gasteiger partial charge in [0.25, 0.3) is 0 Å². The maximum absolute atomic E-state index is 12.9. The van der Waals surface area contributed by atoms with E-state index in [0.29, 0.717) is 18.4 Å². The Morgan fingerprint density at radius 3 is 2.08 bits per heavy atom. The molecule has 0 aliphatic heterocycles. The van der Waals surface area contributed by atoms with E-state index >= 15 is 0 Å². The molecule has 1 aromatic carbocycles. The summed E-state index contributed by atoms with van der Waals surface area (Å²) >= 11 is 0. The van der Waals surface area contributed by atoms with Gasteiger partial charge >= 0.3 is 0 Å². The lowest BCUT2D eigenvalue weighted by Crippen LogP contribution is -2.03. The van der Waals surface area contributed by atoms with Crippen LogP contribution in [0, 0.1) is 17.5 Å². The summed E-state index contributed by atoms with van der Waals surface area (Å²) in [7, 11) is 0. The van der Waals surface area contributed by atoms with Gasteiger partial charge in [-0.1, -0.05) is 6.92 Å². The molecule has 0 radical (unpaired) electrons. The van der Waals surface area contributed by atoms with E-state index in [1.54, 1.807) is 0 Å². The zero-order valence-electron chi connectivity index (χ0n) is 6.85. The number of hydrogen-bond acceptors (Lipinski definition) is 1. The molecule has 70 valence electrons. The Balaban J connectivity index is 3.28. The Bertz CT molecular complexity index is 313. The normalized spacial score (nSPS) is 12.6. The largest absolute Gasteiger partial charge is 0.303 e. The Morgan fingerprint density at radius 2 is 1.69 bits per heavy atom. The highest BCUT2D eigenvalue weighted by atomic mass is 19.1. The van der Waals surface area contributed by atoms with E-state index in [4.69, 9.17) is 0 Å². The molecule has 0 aromatic heterocycles. The van der Waals surface area contributed by atoms with Crippen molar-refractivity contribution in [2.24, 2.45) is 0 Å². The van der Waals surface area contributed by atoms with Crippen molar-refractivity contribution in [3.05, 3.63) is 35.1 Å². The smallest absolute Gasteiger partial charge is 0.132 e. The molecule has 1 atom stereocenters. The molecule has 0 spiro atoms. The zero-order valence-corrected chi connectivity index (χ0v) is 6.85. The van der Waals surface area contributed by atoms with Crippen LogP contribution in [-0.4, -0.2) is 6.29 Å². The summed E-state index contributed by atoms with van der Waals surface area (Å²) in [6.07, 6.45) is 0.402. The van der Waals surface area contributed by atoms with Crippen molar-refractivity contribution in [1.82, 2.24) is 0 Å². The van der Waals surface area contributed by atoms with E-state index in [-0.39, 0.29) is 0 Å². The van der Waals surface area contributed by atoms with Crippen LogP contribution in [0.2, 0.25) is 0 Å². The first-order valence-corrected chi connectivity index (χ1v) is 3.66. The number of hydrogen-bond donors (Lipinski definition) is 0. The standard InChI is InChI=1S/C9H7F3O/c1-5(4-13)9-7(11)2-6(10)3-8(9)12/h2-5H,1H3. The minimum atomic E-state index is -1.03. The van der Waals surface area contributed by atoms with Crippen molar-refractivity contribution in [2.75, 3.05) is 0 Å². The Kier molecular flexibility index (Phi) is 2.70. The Hall–Kier alpha value is -1.32. The van der Waals surface area contributed by atoms with Gasteiger partial charge in [-0.3, -0.25) is 0 Å². The average molecular weight is 188 g/mol. The molecule has 0 aliphatic rings. The van der Waals surface area contributed by atoms with E-state index in [0.717, 1.165) is 0 Å². The summed E-state index contributed by atoms with van der Waals surface area (Å²) < 4.78 is 38.2. The summed E-state index contributed by atoms with van der Waals surface area (Å²) in [4.78, 5) is 10.3. The van der Waals surface area contributed by atoms with Crippen LogP contribution < -0.4 is 0 Å². The van der Waals surface area contributed by atoms with Gasteiger partial charge in [0.2, 0.25) is 0 Å². The lowest BCUT2D eigenvalue weighted by Gasteiger charge is -2.06. The predicted octanol–water partition coefficient (Wildman–Crippen LogP) is 2.41. The van der Waals surface area contributed by atoms with Crippen molar-refractivity contribution in [1.29, 1.82) is 0 Å². The molecule has 4 heteroatoms. The second-order valence-corrected chi connectivity index (χ2v) is 2.71. The second kappa shape index (κ2) is 3.60. The van der Waals surface area contributed by atoms with Crippen LogP contribution in [0.3, 0.4) is 0 Å². The number of benzene rings is 1. The van der Waals surface area contributed by atoms with Crippen LogP contribution in [0.4, 0.5) is 13.2 Å². The highest BCUT2D eigenvalue weighted by Gasteiger charge is 2.16. The van der Waals surface area contributed by atoms with Gasteiger partial charge < -0.3 is 4.79 Å². The van der Waals surface area contributed by atoms with E-state index in [2.05, 4.69) is 0 Å². The van der Waals surface area contributed by atoms with E-state index in [1.807, 2.05) is 0 Å². The molecule has 1 aromatic rings. The number of halogens is 3. The van der Waals surface area contributed by atoms with Crippen LogP contribution in [0.15, 0.2) is 12.1 Å². The molecule has 0 saturated carbocycles. The molecular weight excluding hydrogens is 181 g/mol. The molecule has 0 saturated heterocycles. The van der Waals surface area contributed by atoms with Crippen LogP contribution >= 0.6 is 0 Å².